The molecule has 0 saturated heterocycles. The molecule has 0 bridgehead atoms. The number of hydrogen-bond acceptors (Lipinski definition) is 3. The molecule has 0 aliphatic carbocycles. The Hall–Kier alpha value is -3.01. The van der Waals surface area contributed by atoms with Gasteiger partial charge < -0.3 is 14.8 Å². The summed E-state index contributed by atoms with van der Waals surface area (Å²) in [5, 5.41) is 4.94. The second-order valence-corrected chi connectivity index (χ2v) is 6.62. The Kier molecular flexibility index (Phi) is 5.97. The number of hydrogen-bond donors (Lipinski definition) is 1. The fourth-order valence-corrected chi connectivity index (χ4v) is 2.83. The Morgan fingerprint density at radius 3 is 2.59 bits per heavy atom. The van der Waals surface area contributed by atoms with E-state index in [1.54, 1.807) is 6.92 Å². The highest BCUT2D eigenvalue weighted by atomic mass is 16.5. The van der Waals surface area contributed by atoms with E-state index in [1.807, 2.05) is 60.7 Å². The molecule has 0 heterocycles. The molecule has 0 fully saturated rings. The molecule has 0 unspecified atom stereocenters. The van der Waals surface area contributed by atoms with Gasteiger partial charge in [0.05, 0.1) is 6.54 Å². The van der Waals surface area contributed by atoms with Gasteiger partial charge in [-0.1, -0.05) is 42.5 Å². The summed E-state index contributed by atoms with van der Waals surface area (Å²) < 4.78 is 11.6. The number of carbonyl (C=O) groups excluding carboxylic acids is 1. The normalized spacial score (nSPS) is 11.8. The van der Waals surface area contributed by atoms with E-state index in [0.717, 1.165) is 16.5 Å². The Labute approximate surface area is 160 Å². The lowest BCUT2D eigenvalue weighted by molar-refractivity contribution is -0.127. The van der Waals surface area contributed by atoms with Gasteiger partial charge in [-0.05, 0) is 55.5 Å². The summed E-state index contributed by atoms with van der Waals surface area (Å²) in [6.45, 7) is 6.71. The molecule has 0 spiro atoms. The third kappa shape index (κ3) is 4.79. The molecule has 0 aliphatic heterocycles. The van der Waals surface area contributed by atoms with Gasteiger partial charge in [0.1, 0.15) is 18.1 Å². The lowest BCUT2D eigenvalue weighted by atomic mass is 10.1. The summed E-state index contributed by atoms with van der Waals surface area (Å²) in [5.74, 6) is 1.36. The van der Waals surface area contributed by atoms with Gasteiger partial charge >= 0.3 is 0 Å². The van der Waals surface area contributed by atoms with Crippen LogP contribution in [0.5, 0.6) is 11.5 Å². The van der Waals surface area contributed by atoms with E-state index < -0.39 is 6.10 Å². The molecular weight excluding hydrogens is 338 g/mol. The van der Waals surface area contributed by atoms with E-state index in [0.29, 0.717) is 18.9 Å². The van der Waals surface area contributed by atoms with Crippen LogP contribution in [0, 0.1) is 13.8 Å². The monoisotopic (exact) mass is 363 g/mol. The van der Waals surface area contributed by atoms with Crippen LogP contribution in [0.25, 0.3) is 10.8 Å². The standard InChI is InChI=1S/C23H25NO3/c1-16-11-12-20(15-17(16)2)26-14-13-24-23(25)18(3)27-22-10-6-8-19-7-4-5-9-21(19)22/h4-12,15,18H,13-14H2,1-3H3,(H,24,25)/t18-/m0/s1. The van der Waals surface area contributed by atoms with Crippen molar-refractivity contribution < 1.29 is 14.3 Å². The molecule has 4 heteroatoms. The Morgan fingerprint density at radius 2 is 1.78 bits per heavy atom. The van der Waals surface area contributed by atoms with Crippen LogP contribution >= 0.6 is 0 Å². The average molecular weight is 363 g/mol. The lowest BCUT2D eigenvalue weighted by Crippen LogP contribution is -2.38. The smallest absolute Gasteiger partial charge is 0.260 e. The molecule has 0 aromatic heterocycles. The number of carbonyl (C=O) groups is 1. The van der Waals surface area contributed by atoms with Gasteiger partial charge in [-0.15, -0.1) is 0 Å². The van der Waals surface area contributed by atoms with Crippen molar-refractivity contribution >= 4 is 16.7 Å². The fourth-order valence-electron chi connectivity index (χ4n) is 2.83. The molecule has 1 N–H and O–H groups in total. The predicted molar refractivity (Wildman–Crippen MR) is 108 cm³/mol. The first-order valence-corrected chi connectivity index (χ1v) is 9.17. The van der Waals surface area contributed by atoms with Gasteiger partial charge in [-0.2, -0.15) is 0 Å². The second-order valence-electron chi connectivity index (χ2n) is 6.62. The van der Waals surface area contributed by atoms with E-state index in [9.17, 15) is 4.79 Å². The number of amides is 1. The van der Waals surface area contributed by atoms with Crippen molar-refractivity contribution in [2.45, 2.75) is 26.9 Å². The van der Waals surface area contributed by atoms with Crippen LogP contribution in [0.3, 0.4) is 0 Å². The van der Waals surface area contributed by atoms with Gasteiger partial charge in [0, 0.05) is 5.39 Å². The Balaban J connectivity index is 1.49. The van der Waals surface area contributed by atoms with Crippen molar-refractivity contribution in [3.8, 4) is 11.5 Å². The first-order valence-electron chi connectivity index (χ1n) is 9.17. The minimum atomic E-state index is -0.586. The SMILES string of the molecule is Cc1ccc(OCCNC(=O)[C@H](C)Oc2cccc3ccccc23)cc1C. The molecule has 0 saturated carbocycles. The third-order valence-corrected chi connectivity index (χ3v) is 4.57. The van der Waals surface area contributed by atoms with Crippen molar-refractivity contribution in [1.82, 2.24) is 5.32 Å². The topological polar surface area (TPSA) is 47.6 Å². The van der Waals surface area contributed by atoms with Crippen molar-refractivity contribution in [2.24, 2.45) is 0 Å². The number of fused-ring (bicyclic) bond motifs is 1. The predicted octanol–water partition coefficient (Wildman–Crippen LogP) is 4.42. The van der Waals surface area contributed by atoms with Gasteiger partial charge in [0.15, 0.2) is 6.10 Å². The zero-order chi connectivity index (χ0) is 19.2. The number of benzene rings is 3. The molecule has 140 valence electrons. The maximum absolute atomic E-state index is 12.3. The van der Waals surface area contributed by atoms with Crippen LogP contribution in [0.15, 0.2) is 60.7 Å². The van der Waals surface area contributed by atoms with Crippen LogP contribution in [-0.2, 0) is 4.79 Å². The molecule has 0 aliphatic rings. The zero-order valence-corrected chi connectivity index (χ0v) is 16.0. The highest BCUT2D eigenvalue weighted by Crippen LogP contribution is 2.26. The molecule has 4 nitrogen and oxygen atoms in total. The van der Waals surface area contributed by atoms with E-state index in [1.165, 1.54) is 11.1 Å². The van der Waals surface area contributed by atoms with Crippen LogP contribution in [0.2, 0.25) is 0 Å². The van der Waals surface area contributed by atoms with Crippen LogP contribution in [0.1, 0.15) is 18.1 Å². The maximum atomic E-state index is 12.3. The summed E-state index contributed by atoms with van der Waals surface area (Å²) in [4.78, 5) is 12.3. The minimum absolute atomic E-state index is 0.161. The number of nitrogens with one attached hydrogen (secondary N) is 1. The average Bonchev–Trinajstić information content (AvgIpc) is 2.68. The van der Waals surface area contributed by atoms with Crippen molar-refractivity contribution in [2.75, 3.05) is 13.2 Å². The number of ether oxygens (including phenoxy) is 2. The van der Waals surface area contributed by atoms with Crippen molar-refractivity contribution in [1.29, 1.82) is 0 Å². The molecule has 27 heavy (non-hydrogen) atoms. The van der Waals surface area contributed by atoms with Gasteiger partial charge in [-0.25, -0.2) is 0 Å². The van der Waals surface area contributed by atoms with E-state index in [4.69, 9.17) is 9.47 Å². The molecular formula is C23H25NO3. The van der Waals surface area contributed by atoms with Crippen LogP contribution < -0.4 is 14.8 Å². The van der Waals surface area contributed by atoms with Crippen LogP contribution in [0.4, 0.5) is 0 Å². The summed E-state index contributed by atoms with van der Waals surface area (Å²) in [6, 6.07) is 19.8. The number of rotatable bonds is 7. The summed E-state index contributed by atoms with van der Waals surface area (Å²) in [7, 11) is 0. The van der Waals surface area contributed by atoms with E-state index >= 15 is 0 Å². The lowest BCUT2D eigenvalue weighted by Gasteiger charge is -2.16. The van der Waals surface area contributed by atoms with E-state index in [2.05, 4.69) is 19.2 Å². The first kappa shape index (κ1) is 18.8. The second kappa shape index (κ2) is 8.58. The largest absolute Gasteiger partial charge is 0.492 e. The quantitative estimate of drug-likeness (QED) is 0.632. The van der Waals surface area contributed by atoms with E-state index in [-0.39, 0.29) is 5.91 Å². The molecule has 0 radical (unpaired) electrons. The first-order chi connectivity index (χ1) is 13.0. The highest BCUT2D eigenvalue weighted by molar-refractivity contribution is 5.89. The fraction of sp³-hybridized carbons (Fsp3) is 0.261. The molecule has 1 amide bonds. The summed E-state index contributed by atoms with van der Waals surface area (Å²) in [5.41, 5.74) is 2.42. The third-order valence-electron chi connectivity index (χ3n) is 4.57. The highest BCUT2D eigenvalue weighted by Gasteiger charge is 2.15. The number of aryl methyl sites for hydroxylation is 2. The summed E-state index contributed by atoms with van der Waals surface area (Å²) in [6.07, 6.45) is -0.586. The maximum Gasteiger partial charge on any atom is 0.260 e. The van der Waals surface area contributed by atoms with Gasteiger partial charge in [-0.3, -0.25) is 4.79 Å². The zero-order valence-electron chi connectivity index (χ0n) is 16.0. The Morgan fingerprint density at radius 1 is 1.00 bits per heavy atom. The molecule has 3 rings (SSSR count). The Bertz CT molecular complexity index is 931. The van der Waals surface area contributed by atoms with Gasteiger partial charge in [0.25, 0.3) is 5.91 Å². The minimum Gasteiger partial charge on any atom is -0.492 e. The molecule has 3 aromatic carbocycles. The van der Waals surface area contributed by atoms with Crippen molar-refractivity contribution in [3.63, 3.8) is 0 Å². The van der Waals surface area contributed by atoms with Crippen LogP contribution in [-0.4, -0.2) is 25.2 Å². The van der Waals surface area contributed by atoms with Gasteiger partial charge in [0.2, 0.25) is 0 Å². The summed E-state index contributed by atoms with van der Waals surface area (Å²) >= 11 is 0. The van der Waals surface area contributed by atoms with Crippen molar-refractivity contribution in [3.05, 3.63) is 71.8 Å². The molecule has 3 aromatic rings. The molecule has 1 atom stereocenters.